The summed E-state index contributed by atoms with van der Waals surface area (Å²) in [7, 11) is 0. The van der Waals surface area contributed by atoms with Crippen molar-refractivity contribution < 1.29 is 23.0 Å². The van der Waals surface area contributed by atoms with Crippen molar-refractivity contribution in [2.75, 3.05) is 6.54 Å². The van der Waals surface area contributed by atoms with Crippen molar-refractivity contribution in [2.24, 2.45) is 5.41 Å². The molecule has 0 aromatic rings. The lowest BCUT2D eigenvalue weighted by atomic mass is 9.83. The summed E-state index contributed by atoms with van der Waals surface area (Å²) in [4.78, 5) is 11.6. The van der Waals surface area contributed by atoms with E-state index in [4.69, 9.17) is 8.92 Å². The normalized spacial score (nSPS) is 24.6. The lowest BCUT2D eigenvalue weighted by Gasteiger charge is -2.31. The Bertz CT molecular complexity index is 745. The highest BCUT2D eigenvalue weighted by Gasteiger charge is 2.34. The summed E-state index contributed by atoms with van der Waals surface area (Å²) in [6.45, 7) is 3.89. The second-order valence-corrected chi connectivity index (χ2v) is 7.76. The van der Waals surface area contributed by atoms with Crippen LogP contribution in [0.25, 0.3) is 0 Å². The maximum atomic E-state index is 12.6. The van der Waals surface area contributed by atoms with Gasteiger partial charge in [0.1, 0.15) is 11.9 Å². The van der Waals surface area contributed by atoms with Crippen molar-refractivity contribution in [3.63, 3.8) is 0 Å². The van der Waals surface area contributed by atoms with E-state index in [-0.39, 0.29) is 12.0 Å². The first-order valence-electron chi connectivity index (χ1n) is 8.09. The summed E-state index contributed by atoms with van der Waals surface area (Å²) in [5, 5.41) is 9.49. The maximum Gasteiger partial charge on any atom is 0.421 e. The van der Waals surface area contributed by atoms with E-state index in [1.54, 1.807) is 18.4 Å². The van der Waals surface area contributed by atoms with E-state index < -0.39 is 23.5 Å². The Morgan fingerprint density at radius 2 is 2.20 bits per heavy atom. The number of amides is 1. The van der Waals surface area contributed by atoms with Crippen LogP contribution in [-0.2, 0) is 20.2 Å². The number of carboxylic acid groups (broad SMARTS) is 1. The monoisotopic (exact) mass is 363 g/mol. The first-order valence-corrected chi connectivity index (χ1v) is 9.12. The minimum Gasteiger partial charge on any atom is -0.465 e. The van der Waals surface area contributed by atoms with Crippen molar-refractivity contribution in [1.82, 2.24) is 4.31 Å². The van der Waals surface area contributed by atoms with E-state index in [0.717, 1.165) is 21.9 Å². The summed E-state index contributed by atoms with van der Waals surface area (Å²) < 4.78 is 24.5. The van der Waals surface area contributed by atoms with Crippen molar-refractivity contribution in [3.05, 3.63) is 59.6 Å². The topological polar surface area (TPSA) is 76.1 Å². The molecule has 0 fully saturated rings. The van der Waals surface area contributed by atoms with Crippen LogP contribution in [0.5, 0.6) is 0 Å². The molecule has 1 amide bonds. The summed E-state index contributed by atoms with van der Waals surface area (Å²) >= 11 is -2.12. The second kappa shape index (κ2) is 7.01. The lowest BCUT2D eigenvalue weighted by Crippen LogP contribution is -2.39. The smallest absolute Gasteiger partial charge is 0.421 e. The van der Waals surface area contributed by atoms with Crippen LogP contribution in [0.1, 0.15) is 26.7 Å². The Labute approximate surface area is 149 Å². The molecule has 1 heterocycles. The molecule has 2 unspecified atom stereocenters. The van der Waals surface area contributed by atoms with E-state index in [9.17, 15) is 14.1 Å². The van der Waals surface area contributed by atoms with Crippen LogP contribution in [0.15, 0.2) is 59.6 Å². The van der Waals surface area contributed by atoms with Gasteiger partial charge in [-0.1, -0.05) is 44.2 Å². The van der Waals surface area contributed by atoms with E-state index >= 15 is 0 Å². The predicted molar refractivity (Wildman–Crippen MR) is 94.4 cm³/mol. The fourth-order valence-electron chi connectivity index (χ4n) is 2.94. The molecule has 1 N–H and O–H groups in total. The Morgan fingerprint density at radius 1 is 1.40 bits per heavy atom. The minimum absolute atomic E-state index is 0.00480. The molecule has 3 aliphatic rings. The van der Waals surface area contributed by atoms with Gasteiger partial charge in [0.2, 0.25) is 0 Å². The molecule has 2 aliphatic carbocycles. The third kappa shape index (κ3) is 3.77. The van der Waals surface area contributed by atoms with Gasteiger partial charge in [-0.2, -0.15) is 4.31 Å². The molecule has 134 valence electrons. The molecular weight excluding hydrogens is 342 g/mol. The van der Waals surface area contributed by atoms with E-state index in [2.05, 4.69) is 0 Å². The van der Waals surface area contributed by atoms with Gasteiger partial charge in [0.05, 0.1) is 12.8 Å². The fraction of sp³-hybridized carbons (Fsp3) is 0.389. The minimum atomic E-state index is -2.12. The van der Waals surface area contributed by atoms with Crippen LogP contribution < -0.4 is 0 Å². The Hall–Kier alpha value is -2.12. The fourth-order valence-corrected chi connectivity index (χ4v) is 3.92. The summed E-state index contributed by atoms with van der Waals surface area (Å²) in [5.74, 6) is 0.687. The van der Waals surface area contributed by atoms with E-state index in [0.29, 0.717) is 12.2 Å². The average molecular weight is 363 g/mol. The summed E-state index contributed by atoms with van der Waals surface area (Å²) in [6.07, 6.45) is 12.5. The number of carbonyl (C=O) groups is 1. The lowest BCUT2D eigenvalue weighted by molar-refractivity contribution is 0.143. The highest BCUT2D eigenvalue weighted by molar-refractivity contribution is 7.78. The Morgan fingerprint density at radius 3 is 2.92 bits per heavy atom. The van der Waals surface area contributed by atoms with Crippen molar-refractivity contribution in [3.8, 4) is 0 Å². The summed E-state index contributed by atoms with van der Waals surface area (Å²) in [6, 6.07) is 0. The number of hydrogen-bond acceptors (Lipinski definition) is 4. The average Bonchev–Trinajstić information content (AvgIpc) is 2.97. The van der Waals surface area contributed by atoms with Crippen LogP contribution in [0.4, 0.5) is 4.79 Å². The molecule has 25 heavy (non-hydrogen) atoms. The van der Waals surface area contributed by atoms with Crippen LogP contribution in [0, 0.1) is 5.41 Å². The molecule has 3 rings (SSSR count). The SMILES string of the molecule is CC1(C)C=CC=CC1OS(=O)N(CC1=C2OC=CC=C2CC1)C(=O)O. The highest BCUT2D eigenvalue weighted by Crippen LogP contribution is 2.35. The molecule has 0 radical (unpaired) electrons. The van der Waals surface area contributed by atoms with Crippen molar-refractivity contribution in [2.45, 2.75) is 32.8 Å². The van der Waals surface area contributed by atoms with Gasteiger partial charge < -0.3 is 9.84 Å². The molecule has 0 saturated carbocycles. The van der Waals surface area contributed by atoms with Gasteiger partial charge in [-0.25, -0.2) is 9.00 Å². The summed E-state index contributed by atoms with van der Waals surface area (Å²) in [5.41, 5.74) is 1.49. The van der Waals surface area contributed by atoms with Gasteiger partial charge in [-0.15, -0.1) is 0 Å². The molecule has 7 heteroatoms. The zero-order valence-electron chi connectivity index (χ0n) is 14.2. The van der Waals surface area contributed by atoms with Crippen LogP contribution in [0.2, 0.25) is 0 Å². The zero-order chi connectivity index (χ0) is 18.0. The largest absolute Gasteiger partial charge is 0.465 e. The number of fused-ring (bicyclic) bond motifs is 1. The first kappa shape index (κ1) is 17.7. The predicted octanol–water partition coefficient (Wildman–Crippen LogP) is 3.60. The van der Waals surface area contributed by atoms with Crippen LogP contribution in [0.3, 0.4) is 0 Å². The van der Waals surface area contributed by atoms with Gasteiger partial charge in [-0.3, -0.25) is 4.18 Å². The van der Waals surface area contributed by atoms with Gasteiger partial charge >= 0.3 is 6.09 Å². The molecule has 2 atom stereocenters. The number of hydrogen-bond donors (Lipinski definition) is 1. The van der Waals surface area contributed by atoms with Crippen LogP contribution in [-0.4, -0.2) is 32.4 Å². The van der Waals surface area contributed by atoms with Crippen molar-refractivity contribution >= 4 is 17.4 Å². The van der Waals surface area contributed by atoms with E-state index in [1.165, 1.54) is 0 Å². The van der Waals surface area contributed by atoms with Gasteiger partial charge in [0.15, 0.2) is 0 Å². The third-order valence-electron chi connectivity index (χ3n) is 4.44. The van der Waals surface area contributed by atoms with Crippen molar-refractivity contribution in [1.29, 1.82) is 0 Å². The van der Waals surface area contributed by atoms with Gasteiger partial charge in [0.25, 0.3) is 11.3 Å². The molecule has 6 nitrogen and oxygen atoms in total. The zero-order valence-corrected chi connectivity index (χ0v) is 15.0. The van der Waals surface area contributed by atoms with Crippen LogP contribution >= 0.6 is 0 Å². The molecular formula is C18H21NO5S. The quantitative estimate of drug-likeness (QED) is 0.808. The standard InChI is InChI=1S/C18H21NO5S/c1-18(2)10-4-3-7-15(18)24-25(22)19(17(20)21)12-14-9-8-13-6-5-11-23-16(13)14/h3-7,10-11,15H,8-9,12H2,1-2H3,(H,20,21). The van der Waals surface area contributed by atoms with Gasteiger partial charge in [0, 0.05) is 5.41 Å². The van der Waals surface area contributed by atoms with E-state index in [1.807, 2.05) is 38.2 Å². The highest BCUT2D eigenvalue weighted by atomic mass is 32.2. The maximum absolute atomic E-state index is 12.6. The molecule has 1 aliphatic heterocycles. The Balaban J connectivity index is 1.74. The number of nitrogens with zero attached hydrogens (tertiary/aromatic N) is 1. The second-order valence-electron chi connectivity index (χ2n) is 6.69. The Kier molecular flexibility index (Phi) is 4.96. The molecule has 0 saturated heterocycles. The molecule has 0 aromatic heterocycles. The third-order valence-corrected chi connectivity index (χ3v) is 5.46. The molecule has 0 spiro atoms. The number of rotatable bonds is 5. The number of ether oxygens (including phenoxy) is 1. The first-order chi connectivity index (χ1) is 11.9. The van der Waals surface area contributed by atoms with Gasteiger partial charge in [-0.05, 0) is 30.1 Å². The molecule has 0 aromatic carbocycles. The number of allylic oxidation sites excluding steroid dienone is 5. The molecule has 0 bridgehead atoms.